The molecule has 1 aliphatic carbocycles. The SMILES string of the molecule is Nc1ccc(CC(OC2[C@H]3O[C@@H](n4cnc5c(N)nc(Cl)nc54)[C@@H](F)[C@@]23O)(C(=O)O)C(=O)O)cc1. The molecule has 3 aromatic rings. The Bertz CT molecular complexity index is 1340. The molecular weight excluding hydrogens is 491 g/mol. The van der Waals surface area contributed by atoms with E-state index in [1.54, 1.807) is 0 Å². The number of carbonyl (C=O) groups is 2. The van der Waals surface area contributed by atoms with Crippen molar-refractivity contribution in [1.82, 2.24) is 19.5 Å². The van der Waals surface area contributed by atoms with E-state index < -0.39 is 54.2 Å². The predicted molar refractivity (Wildman–Crippen MR) is 116 cm³/mol. The molecule has 13 nitrogen and oxygen atoms in total. The highest BCUT2D eigenvalue weighted by molar-refractivity contribution is 6.28. The van der Waals surface area contributed by atoms with E-state index in [2.05, 4.69) is 15.0 Å². The summed E-state index contributed by atoms with van der Waals surface area (Å²) in [6.07, 6.45) is -5.99. The van der Waals surface area contributed by atoms with E-state index in [1.807, 2.05) is 0 Å². The summed E-state index contributed by atoms with van der Waals surface area (Å²) < 4.78 is 27.6. The predicted octanol–water partition coefficient (Wildman–Crippen LogP) is 0.160. The van der Waals surface area contributed by atoms with Gasteiger partial charge in [0.25, 0.3) is 5.60 Å². The summed E-state index contributed by atoms with van der Waals surface area (Å²) in [5.74, 6) is -3.71. The molecule has 5 rings (SSSR count). The molecule has 0 radical (unpaired) electrons. The Morgan fingerprint density at radius 2 is 1.89 bits per heavy atom. The number of ether oxygens (including phenoxy) is 2. The van der Waals surface area contributed by atoms with Crippen LogP contribution < -0.4 is 11.5 Å². The molecule has 0 bridgehead atoms. The molecule has 0 spiro atoms. The average molecular weight is 509 g/mol. The normalized spacial score (nSPS) is 27.6. The van der Waals surface area contributed by atoms with Crippen molar-refractivity contribution in [1.29, 1.82) is 0 Å². The first-order chi connectivity index (χ1) is 16.5. The number of nitrogens with zero attached hydrogens (tertiary/aromatic N) is 4. The molecule has 15 heteroatoms. The number of carboxylic acids is 2. The van der Waals surface area contributed by atoms with Crippen LogP contribution in [0, 0.1) is 0 Å². The number of hydrogen-bond donors (Lipinski definition) is 5. The number of halogens is 2. The summed E-state index contributed by atoms with van der Waals surface area (Å²) >= 11 is 5.83. The van der Waals surface area contributed by atoms with Gasteiger partial charge >= 0.3 is 11.9 Å². The molecule has 2 aromatic heterocycles. The minimum absolute atomic E-state index is 0.0475. The first-order valence-electron chi connectivity index (χ1n) is 10.2. The first kappa shape index (κ1) is 23.2. The van der Waals surface area contributed by atoms with Crippen LogP contribution >= 0.6 is 11.6 Å². The lowest BCUT2D eigenvalue weighted by Gasteiger charge is -2.28. The number of imidazole rings is 1. The maximum atomic E-state index is 15.5. The molecule has 0 amide bonds. The van der Waals surface area contributed by atoms with Gasteiger partial charge in [-0.25, -0.2) is 19.0 Å². The molecule has 5 atom stereocenters. The Labute approximate surface area is 200 Å². The number of anilines is 2. The highest BCUT2D eigenvalue weighted by Crippen LogP contribution is 2.58. The van der Waals surface area contributed by atoms with Gasteiger partial charge in [-0.3, -0.25) is 4.57 Å². The van der Waals surface area contributed by atoms with Crippen LogP contribution in [0.2, 0.25) is 5.28 Å². The summed E-state index contributed by atoms with van der Waals surface area (Å²) in [6.45, 7) is 0. The summed E-state index contributed by atoms with van der Waals surface area (Å²) in [5, 5.41) is 30.3. The zero-order valence-electron chi connectivity index (χ0n) is 17.6. The third-order valence-corrected chi connectivity index (χ3v) is 6.37. The first-order valence-corrected chi connectivity index (χ1v) is 10.5. The van der Waals surface area contributed by atoms with Crippen LogP contribution in [0.4, 0.5) is 15.9 Å². The van der Waals surface area contributed by atoms with Gasteiger partial charge in [-0.1, -0.05) is 12.1 Å². The van der Waals surface area contributed by atoms with Crippen LogP contribution in [0.25, 0.3) is 11.2 Å². The number of nitrogen functional groups attached to an aromatic ring is 2. The Balaban J connectivity index is 1.42. The minimum atomic E-state index is -2.82. The minimum Gasteiger partial charge on any atom is -0.479 e. The highest BCUT2D eigenvalue weighted by atomic mass is 35.5. The van der Waals surface area contributed by atoms with Crippen molar-refractivity contribution in [3.05, 3.63) is 41.4 Å². The number of aliphatic carboxylic acids is 2. The lowest BCUT2D eigenvalue weighted by Crippen LogP contribution is -2.53. The van der Waals surface area contributed by atoms with Crippen LogP contribution in [0.3, 0.4) is 0 Å². The highest BCUT2D eigenvalue weighted by Gasteiger charge is 2.80. The molecule has 1 saturated carbocycles. The number of benzene rings is 1. The summed E-state index contributed by atoms with van der Waals surface area (Å²) in [5.41, 5.74) is 7.08. The largest absolute Gasteiger partial charge is 0.479 e. The van der Waals surface area contributed by atoms with E-state index in [-0.39, 0.29) is 27.8 Å². The van der Waals surface area contributed by atoms with Crippen molar-refractivity contribution in [2.75, 3.05) is 11.5 Å². The van der Waals surface area contributed by atoms with Crippen LogP contribution in [0.5, 0.6) is 0 Å². The average Bonchev–Trinajstić information content (AvgIpc) is 3.05. The summed E-state index contributed by atoms with van der Waals surface area (Å²) in [6, 6.07) is 5.81. The third-order valence-electron chi connectivity index (χ3n) is 6.20. The molecular formula is C20H18ClFN6O7. The number of fused-ring (bicyclic) bond motifs is 2. The maximum absolute atomic E-state index is 15.5. The molecule has 35 heavy (non-hydrogen) atoms. The van der Waals surface area contributed by atoms with E-state index in [9.17, 15) is 24.9 Å². The van der Waals surface area contributed by atoms with Gasteiger partial charge < -0.3 is 36.3 Å². The van der Waals surface area contributed by atoms with Gasteiger partial charge in [-0.05, 0) is 29.3 Å². The van der Waals surface area contributed by atoms with Crippen molar-refractivity contribution in [3.8, 4) is 0 Å². The maximum Gasteiger partial charge on any atom is 0.348 e. The number of hydrogen-bond acceptors (Lipinski definition) is 10. The van der Waals surface area contributed by atoms with Gasteiger partial charge in [-0.2, -0.15) is 9.97 Å². The molecule has 2 aliphatic rings. The zero-order chi connectivity index (χ0) is 25.3. The molecule has 2 fully saturated rings. The molecule has 7 N–H and O–H groups in total. The monoisotopic (exact) mass is 508 g/mol. The molecule has 1 saturated heterocycles. The van der Waals surface area contributed by atoms with Gasteiger partial charge in [0.15, 0.2) is 29.5 Å². The van der Waals surface area contributed by atoms with Gasteiger partial charge in [-0.15, -0.1) is 0 Å². The quantitative estimate of drug-likeness (QED) is 0.164. The van der Waals surface area contributed by atoms with E-state index >= 15 is 4.39 Å². The van der Waals surface area contributed by atoms with Crippen LogP contribution in [0.1, 0.15) is 11.8 Å². The lowest BCUT2D eigenvalue weighted by molar-refractivity contribution is -0.194. The van der Waals surface area contributed by atoms with E-state index in [0.29, 0.717) is 5.69 Å². The van der Waals surface area contributed by atoms with Crippen molar-refractivity contribution >= 4 is 46.2 Å². The van der Waals surface area contributed by atoms with E-state index in [4.69, 9.17) is 32.5 Å². The van der Waals surface area contributed by atoms with Gasteiger partial charge in [0, 0.05) is 12.1 Å². The Kier molecular flexibility index (Phi) is 5.10. The van der Waals surface area contributed by atoms with Crippen molar-refractivity contribution in [2.24, 2.45) is 0 Å². The Hall–Kier alpha value is -3.59. The molecule has 1 aromatic carbocycles. The second-order valence-electron chi connectivity index (χ2n) is 8.33. The topological polar surface area (TPSA) is 209 Å². The zero-order valence-corrected chi connectivity index (χ0v) is 18.3. The fourth-order valence-electron chi connectivity index (χ4n) is 4.26. The van der Waals surface area contributed by atoms with Gasteiger partial charge in [0.2, 0.25) is 5.28 Å². The van der Waals surface area contributed by atoms with Gasteiger partial charge in [0.05, 0.1) is 6.33 Å². The standard InChI is InChI=1S/C20H18ClFN6O7/c21-18-26-13(24)9-14(27-18)28(6-25-9)15-10(22)20(33)11(34-15)12(20)35-19(16(29)30,17(31)32)5-7-1-3-8(23)4-2-7/h1-4,6,10-12,15,33H,5,23H2,(H,29,30)(H,31,32)(H2,24,26,27)/t10-,11-,12?,15-,20+/m1/s1. The van der Waals surface area contributed by atoms with Crippen molar-refractivity contribution < 1.29 is 38.8 Å². The Morgan fingerprint density at radius 3 is 2.46 bits per heavy atom. The fourth-order valence-corrected chi connectivity index (χ4v) is 4.43. The smallest absolute Gasteiger partial charge is 0.348 e. The van der Waals surface area contributed by atoms with E-state index in [0.717, 1.165) is 4.57 Å². The second-order valence-corrected chi connectivity index (χ2v) is 8.67. The van der Waals surface area contributed by atoms with Gasteiger partial charge in [0.1, 0.15) is 17.7 Å². The molecule has 3 heterocycles. The van der Waals surface area contributed by atoms with Crippen LogP contribution in [0.15, 0.2) is 30.6 Å². The number of nitrogens with two attached hydrogens (primary N) is 2. The van der Waals surface area contributed by atoms with Crippen LogP contribution in [-0.4, -0.2) is 76.4 Å². The second kappa shape index (κ2) is 7.71. The molecule has 1 aliphatic heterocycles. The van der Waals surface area contributed by atoms with E-state index in [1.165, 1.54) is 30.6 Å². The number of aliphatic hydroxyl groups is 1. The van der Waals surface area contributed by atoms with Crippen molar-refractivity contribution in [2.45, 2.75) is 42.2 Å². The number of aromatic nitrogens is 4. The molecule has 184 valence electrons. The number of alkyl halides is 1. The van der Waals surface area contributed by atoms with Crippen LogP contribution in [-0.2, 0) is 25.5 Å². The summed E-state index contributed by atoms with van der Waals surface area (Å²) in [7, 11) is 0. The number of rotatable bonds is 7. The lowest BCUT2D eigenvalue weighted by atomic mass is 9.94. The number of carboxylic acid groups (broad SMARTS) is 2. The molecule has 1 unspecified atom stereocenters. The van der Waals surface area contributed by atoms with Crippen molar-refractivity contribution in [3.63, 3.8) is 0 Å². The fraction of sp³-hybridized carbons (Fsp3) is 0.350. The Morgan fingerprint density at radius 1 is 1.23 bits per heavy atom. The third kappa shape index (κ3) is 3.36. The summed E-state index contributed by atoms with van der Waals surface area (Å²) in [4.78, 5) is 35.9.